The lowest BCUT2D eigenvalue weighted by molar-refractivity contribution is 0.0597. The minimum Gasteiger partial charge on any atom is -0.497 e. The van der Waals surface area contributed by atoms with E-state index in [4.69, 9.17) is 14.2 Å². The van der Waals surface area contributed by atoms with E-state index < -0.39 is 5.97 Å². The van der Waals surface area contributed by atoms with Crippen LogP contribution in [0.15, 0.2) is 42.5 Å². The Morgan fingerprint density at radius 1 is 0.952 bits per heavy atom. The van der Waals surface area contributed by atoms with Crippen molar-refractivity contribution in [2.45, 2.75) is 6.42 Å². The summed E-state index contributed by atoms with van der Waals surface area (Å²) in [7, 11) is 4.55. The number of methoxy groups -OCH3 is 3. The van der Waals surface area contributed by atoms with Crippen LogP contribution in [0.5, 0.6) is 11.5 Å². The summed E-state index contributed by atoms with van der Waals surface area (Å²) in [4.78, 5) is 11.8. The number of para-hydroxylation sites is 1. The molecule has 0 radical (unpaired) electrons. The fourth-order valence-corrected chi connectivity index (χ4v) is 2.20. The quantitative estimate of drug-likeness (QED) is 0.792. The summed E-state index contributed by atoms with van der Waals surface area (Å²) in [6, 6.07) is 13.3. The fraction of sp³-hybridized carbons (Fsp3) is 0.235. The van der Waals surface area contributed by atoms with Crippen molar-refractivity contribution in [3.05, 3.63) is 59.2 Å². The fourth-order valence-electron chi connectivity index (χ4n) is 2.20. The Kier molecular flexibility index (Phi) is 4.82. The van der Waals surface area contributed by atoms with E-state index in [2.05, 4.69) is 0 Å². The molecule has 0 aliphatic heterocycles. The van der Waals surface area contributed by atoms with Crippen LogP contribution in [0, 0.1) is 0 Å². The normalized spacial score (nSPS) is 10.0. The summed E-state index contributed by atoms with van der Waals surface area (Å²) in [5.74, 6) is 0.970. The summed E-state index contributed by atoms with van der Waals surface area (Å²) >= 11 is 0. The zero-order chi connectivity index (χ0) is 15.2. The van der Waals surface area contributed by atoms with Crippen molar-refractivity contribution in [3.63, 3.8) is 0 Å². The average molecular weight is 286 g/mol. The predicted octanol–water partition coefficient (Wildman–Crippen LogP) is 3.08. The summed E-state index contributed by atoms with van der Waals surface area (Å²) in [6.45, 7) is 0. The van der Waals surface area contributed by atoms with Crippen LogP contribution >= 0.6 is 0 Å². The van der Waals surface area contributed by atoms with Gasteiger partial charge in [0.1, 0.15) is 17.1 Å². The molecule has 0 fully saturated rings. The van der Waals surface area contributed by atoms with Crippen molar-refractivity contribution in [1.82, 2.24) is 0 Å². The van der Waals surface area contributed by atoms with Gasteiger partial charge in [0.25, 0.3) is 0 Å². The first kappa shape index (κ1) is 14.9. The van der Waals surface area contributed by atoms with E-state index in [0.29, 0.717) is 17.7 Å². The van der Waals surface area contributed by atoms with E-state index in [1.807, 2.05) is 36.4 Å². The second kappa shape index (κ2) is 6.79. The van der Waals surface area contributed by atoms with Crippen LogP contribution in [0.2, 0.25) is 0 Å². The molecule has 0 saturated heterocycles. The largest absolute Gasteiger partial charge is 0.497 e. The van der Waals surface area contributed by atoms with Gasteiger partial charge in [-0.3, -0.25) is 0 Å². The van der Waals surface area contributed by atoms with Crippen molar-refractivity contribution in [2.75, 3.05) is 21.3 Å². The third-order valence-electron chi connectivity index (χ3n) is 3.26. The molecule has 21 heavy (non-hydrogen) atoms. The lowest BCUT2D eigenvalue weighted by atomic mass is 10.0. The molecule has 0 amide bonds. The van der Waals surface area contributed by atoms with Crippen molar-refractivity contribution >= 4 is 5.97 Å². The maximum Gasteiger partial charge on any atom is 0.341 e. The minimum atomic E-state index is -0.400. The highest BCUT2D eigenvalue weighted by Crippen LogP contribution is 2.27. The second-order valence-electron chi connectivity index (χ2n) is 4.51. The van der Waals surface area contributed by atoms with Crippen LogP contribution in [0.3, 0.4) is 0 Å². The third kappa shape index (κ3) is 3.34. The van der Waals surface area contributed by atoms with Gasteiger partial charge in [0.2, 0.25) is 0 Å². The van der Waals surface area contributed by atoms with Gasteiger partial charge >= 0.3 is 5.97 Å². The molecule has 2 aromatic carbocycles. The molecular formula is C17H18O4. The molecule has 0 unspecified atom stereocenters. The maximum atomic E-state index is 11.8. The van der Waals surface area contributed by atoms with E-state index in [9.17, 15) is 4.79 Å². The number of carbonyl (C=O) groups is 1. The van der Waals surface area contributed by atoms with Crippen molar-refractivity contribution in [3.8, 4) is 11.5 Å². The molecule has 0 aromatic heterocycles. The summed E-state index contributed by atoms with van der Waals surface area (Å²) in [6.07, 6.45) is 0.665. The van der Waals surface area contributed by atoms with E-state index in [1.165, 1.54) is 7.11 Å². The molecule has 0 bridgehead atoms. The minimum absolute atomic E-state index is 0.400. The van der Waals surface area contributed by atoms with Gasteiger partial charge in [-0.2, -0.15) is 0 Å². The highest BCUT2D eigenvalue weighted by atomic mass is 16.5. The van der Waals surface area contributed by atoms with Gasteiger partial charge in [-0.05, 0) is 29.3 Å². The van der Waals surface area contributed by atoms with E-state index in [0.717, 1.165) is 16.9 Å². The Hall–Kier alpha value is -2.49. The first-order valence-corrected chi connectivity index (χ1v) is 6.56. The molecule has 0 aliphatic carbocycles. The molecule has 0 atom stereocenters. The highest BCUT2D eigenvalue weighted by Gasteiger charge is 2.16. The Labute approximate surface area is 124 Å². The van der Waals surface area contributed by atoms with Gasteiger partial charge in [-0.15, -0.1) is 0 Å². The molecule has 4 nitrogen and oxygen atoms in total. The Bertz CT molecular complexity index is 617. The zero-order valence-electron chi connectivity index (χ0n) is 12.4. The van der Waals surface area contributed by atoms with E-state index in [1.54, 1.807) is 20.3 Å². The molecule has 0 N–H and O–H groups in total. The molecule has 0 aliphatic rings. The van der Waals surface area contributed by atoms with Crippen LogP contribution in [-0.4, -0.2) is 27.3 Å². The number of rotatable bonds is 5. The van der Waals surface area contributed by atoms with Crippen LogP contribution in [-0.2, 0) is 11.2 Å². The lowest BCUT2D eigenvalue weighted by Crippen LogP contribution is -2.06. The summed E-state index contributed by atoms with van der Waals surface area (Å²) in [5, 5.41) is 0. The van der Waals surface area contributed by atoms with Gasteiger partial charge in [-0.1, -0.05) is 24.3 Å². The van der Waals surface area contributed by atoms with Crippen molar-refractivity contribution in [2.24, 2.45) is 0 Å². The van der Waals surface area contributed by atoms with Crippen molar-refractivity contribution < 1.29 is 19.0 Å². The predicted molar refractivity (Wildman–Crippen MR) is 80.1 cm³/mol. The number of carbonyl (C=O) groups excluding carboxylic acids is 1. The molecule has 0 heterocycles. The van der Waals surface area contributed by atoms with Gasteiger partial charge in [0.15, 0.2) is 0 Å². The smallest absolute Gasteiger partial charge is 0.341 e. The Balaban J connectivity index is 2.32. The van der Waals surface area contributed by atoms with Gasteiger partial charge in [0.05, 0.1) is 21.3 Å². The van der Waals surface area contributed by atoms with Crippen LogP contribution in [0.25, 0.3) is 0 Å². The maximum absolute atomic E-state index is 11.8. The molecule has 2 aromatic rings. The monoisotopic (exact) mass is 286 g/mol. The molecule has 4 heteroatoms. The van der Waals surface area contributed by atoms with Crippen LogP contribution in [0.4, 0.5) is 0 Å². The van der Waals surface area contributed by atoms with Gasteiger partial charge in [-0.25, -0.2) is 4.79 Å². The topological polar surface area (TPSA) is 44.8 Å². The number of ether oxygens (including phenoxy) is 3. The molecule has 2 rings (SSSR count). The van der Waals surface area contributed by atoms with E-state index in [-0.39, 0.29) is 0 Å². The molecule has 110 valence electrons. The number of hydrogen-bond acceptors (Lipinski definition) is 4. The molecular weight excluding hydrogens is 268 g/mol. The van der Waals surface area contributed by atoms with Crippen LogP contribution in [0.1, 0.15) is 21.5 Å². The average Bonchev–Trinajstić information content (AvgIpc) is 2.54. The Morgan fingerprint density at radius 3 is 2.24 bits per heavy atom. The van der Waals surface area contributed by atoms with Gasteiger partial charge < -0.3 is 14.2 Å². The highest BCUT2D eigenvalue weighted by molar-refractivity contribution is 5.93. The summed E-state index contributed by atoms with van der Waals surface area (Å²) < 4.78 is 15.3. The number of benzene rings is 2. The standard InChI is InChI=1S/C17H18O4/c1-19-14-9-7-12(8-10-14)11-13-5-4-6-15(16(13)20-2)17(18)21-3/h4-10H,11H2,1-3H3. The molecule has 0 spiro atoms. The first-order valence-electron chi connectivity index (χ1n) is 6.56. The number of esters is 1. The third-order valence-corrected chi connectivity index (χ3v) is 3.26. The SMILES string of the molecule is COC(=O)c1cccc(Cc2ccc(OC)cc2)c1OC. The Morgan fingerprint density at radius 2 is 1.67 bits per heavy atom. The molecule has 0 saturated carbocycles. The van der Waals surface area contributed by atoms with Gasteiger partial charge in [0, 0.05) is 6.42 Å². The lowest BCUT2D eigenvalue weighted by Gasteiger charge is -2.12. The summed E-state index contributed by atoms with van der Waals surface area (Å²) in [5.41, 5.74) is 2.48. The zero-order valence-corrected chi connectivity index (χ0v) is 12.4. The van der Waals surface area contributed by atoms with E-state index >= 15 is 0 Å². The van der Waals surface area contributed by atoms with Crippen LogP contribution < -0.4 is 9.47 Å². The van der Waals surface area contributed by atoms with Crippen molar-refractivity contribution in [1.29, 1.82) is 0 Å². The first-order chi connectivity index (χ1) is 10.2. The number of hydrogen-bond donors (Lipinski definition) is 0. The second-order valence-corrected chi connectivity index (χ2v) is 4.51.